The van der Waals surface area contributed by atoms with Crippen LogP contribution in [0.15, 0.2) is 58.3 Å². The van der Waals surface area contributed by atoms with Crippen molar-refractivity contribution in [2.45, 2.75) is 27.2 Å². The number of nitrogens with one attached hydrogen (secondary N) is 2. The van der Waals surface area contributed by atoms with E-state index < -0.39 is 0 Å². The lowest BCUT2D eigenvalue weighted by molar-refractivity contribution is 0.287. The van der Waals surface area contributed by atoms with Crippen LogP contribution in [0.1, 0.15) is 26.3 Å². The van der Waals surface area contributed by atoms with E-state index in [0.717, 1.165) is 41.0 Å². The fourth-order valence-corrected chi connectivity index (χ4v) is 3.76. The molecule has 1 heterocycles. The summed E-state index contributed by atoms with van der Waals surface area (Å²) in [7, 11) is 0. The molecular formula is C23H26Cl2N4O2S. The van der Waals surface area contributed by atoms with Gasteiger partial charge >= 0.3 is 0 Å². The molecule has 1 aliphatic rings. The number of nitrogens with zero attached hydrogens (tertiary/aromatic N) is 2. The molecule has 32 heavy (non-hydrogen) atoms. The summed E-state index contributed by atoms with van der Waals surface area (Å²) in [4.78, 5) is 8.75. The minimum atomic E-state index is 0.587. The van der Waals surface area contributed by atoms with Crippen molar-refractivity contribution in [3.8, 4) is 11.5 Å². The molecule has 3 rings (SSSR count). The predicted octanol–water partition coefficient (Wildman–Crippen LogP) is 6.36. The molecule has 9 heteroatoms. The predicted molar refractivity (Wildman–Crippen MR) is 137 cm³/mol. The van der Waals surface area contributed by atoms with Gasteiger partial charge in [0.15, 0.2) is 21.8 Å². The molecule has 0 spiro atoms. The third-order valence-corrected chi connectivity index (χ3v) is 5.68. The number of halogens is 2. The second-order valence-electron chi connectivity index (χ2n) is 6.82. The number of anilines is 1. The quantitative estimate of drug-likeness (QED) is 0.404. The van der Waals surface area contributed by atoms with Gasteiger partial charge in [-0.25, -0.2) is 4.99 Å². The lowest BCUT2D eigenvalue weighted by atomic mass is 10.1. The number of hydrogen-bond acceptors (Lipinski definition) is 6. The molecule has 0 atom stereocenters. The van der Waals surface area contributed by atoms with E-state index in [2.05, 4.69) is 26.7 Å². The maximum Gasteiger partial charge on any atom is 0.197 e. The summed E-state index contributed by atoms with van der Waals surface area (Å²) in [5.41, 5.74) is 2.86. The zero-order chi connectivity index (χ0) is 22.9. The molecule has 1 aliphatic heterocycles. The third kappa shape index (κ3) is 7.08. The van der Waals surface area contributed by atoms with Crippen LogP contribution in [0.3, 0.4) is 0 Å². The summed E-state index contributed by atoms with van der Waals surface area (Å²) in [6.45, 7) is 7.91. The molecule has 2 aromatic carbocycles. The molecule has 6 nitrogen and oxygen atoms in total. The molecule has 0 aliphatic carbocycles. The van der Waals surface area contributed by atoms with Gasteiger partial charge in [-0.15, -0.1) is 0 Å². The number of allylic oxidation sites excluding steroid dienone is 1. The standard InChI is InChI=1S/C23H26Cl2N4O2S/c1-4-30-20-9-6-16(12-21(20)31-5-2)10-11-26-15(3)14-27-22-29-23(32-22)28-19-13-17(24)7-8-18(19)25/h6-9,12-14,26H,4-5,10-11H2,1-3H3,(H,27,28,29)/b15-14+. The van der Waals surface area contributed by atoms with Gasteiger partial charge in [-0.3, -0.25) is 0 Å². The fraction of sp³-hybridized carbons (Fsp3) is 0.304. The van der Waals surface area contributed by atoms with E-state index in [-0.39, 0.29) is 0 Å². The van der Waals surface area contributed by atoms with E-state index in [9.17, 15) is 0 Å². The van der Waals surface area contributed by atoms with Gasteiger partial charge in [0.05, 0.1) is 23.9 Å². The summed E-state index contributed by atoms with van der Waals surface area (Å²) in [5, 5.41) is 9.12. The molecule has 170 valence electrons. The molecule has 0 bridgehead atoms. The van der Waals surface area contributed by atoms with E-state index in [4.69, 9.17) is 32.7 Å². The topological polar surface area (TPSA) is 67.2 Å². The van der Waals surface area contributed by atoms with Crippen LogP contribution in [0.2, 0.25) is 10.0 Å². The van der Waals surface area contributed by atoms with Crippen molar-refractivity contribution in [2.75, 3.05) is 25.1 Å². The van der Waals surface area contributed by atoms with Gasteiger partial charge in [-0.05, 0) is 74.8 Å². The minimum absolute atomic E-state index is 0.587. The van der Waals surface area contributed by atoms with Gasteiger partial charge in [-0.2, -0.15) is 4.99 Å². The van der Waals surface area contributed by atoms with Crippen LogP contribution in [-0.2, 0) is 6.42 Å². The maximum absolute atomic E-state index is 6.15. The smallest absolute Gasteiger partial charge is 0.197 e. The van der Waals surface area contributed by atoms with Crippen LogP contribution >= 0.6 is 35.0 Å². The number of rotatable bonds is 10. The van der Waals surface area contributed by atoms with Gasteiger partial charge < -0.3 is 20.1 Å². The highest BCUT2D eigenvalue weighted by Gasteiger charge is 2.18. The monoisotopic (exact) mass is 492 g/mol. The van der Waals surface area contributed by atoms with Crippen molar-refractivity contribution in [1.29, 1.82) is 0 Å². The number of hydrogen-bond donors (Lipinski definition) is 2. The Labute approximate surface area is 203 Å². The molecule has 0 aromatic heterocycles. The van der Waals surface area contributed by atoms with Gasteiger partial charge in [0.1, 0.15) is 0 Å². The largest absolute Gasteiger partial charge is 0.490 e. The second kappa shape index (κ2) is 12.0. The van der Waals surface area contributed by atoms with Crippen molar-refractivity contribution >= 4 is 51.0 Å². The number of amidine groups is 2. The average Bonchev–Trinajstić information content (AvgIpc) is 2.74. The molecule has 0 unspecified atom stereocenters. The number of aliphatic imine (C=N–C) groups is 2. The van der Waals surface area contributed by atoms with E-state index >= 15 is 0 Å². The summed E-state index contributed by atoms with van der Waals surface area (Å²) in [5.74, 6) is 1.57. The first-order chi connectivity index (χ1) is 15.5. The first-order valence-electron chi connectivity index (χ1n) is 10.3. The molecular weight excluding hydrogens is 467 g/mol. The van der Waals surface area contributed by atoms with E-state index in [1.54, 1.807) is 24.4 Å². The van der Waals surface area contributed by atoms with Gasteiger partial charge in [0.25, 0.3) is 0 Å². The summed E-state index contributed by atoms with van der Waals surface area (Å²) in [6.07, 6.45) is 2.63. The molecule has 0 radical (unpaired) electrons. The van der Waals surface area contributed by atoms with Crippen LogP contribution < -0.4 is 20.1 Å². The average molecular weight is 493 g/mol. The Bertz CT molecular complexity index is 1040. The highest BCUT2D eigenvalue weighted by Crippen LogP contribution is 2.30. The fourth-order valence-electron chi connectivity index (χ4n) is 2.85. The molecule has 2 N–H and O–H groups in total. The molecule has 2 aromatic rings. The van der Waals surface area contributed by atoms with E-state index in [0.29, 0.717) is 28.4 Å². The third-order valence-electron chi connectivity index (χ3n) is 4.35. The van der Waals surface area contributed by atoms with E-state index in [1.807, 2.05) is 32.9 Å². The molecule has 0 fully saturated rings. The highest BCUT2D eigenvalue weighted by molar-refractivity contribution is 8.29. The zero-order valence-electron chi connectivity index (χ0n) is 18.2. The van der Waals surface area contributed by atoms with Crippen molar-refractivity contribution in [1.82, 2.24) is 5.32 Å². The Morgan fingerprint density at radius 1 is 1.09 bits per heavy atom. The molecule has 0 amide bonds. The van der Waals surface area contributed by atoms with Crippen LogP contribution in [-0.4, -0.2) is 30.1 Å². The lowest BCUT2D eigenvalue weighted by Crippen LogP contribution is -2.20. The van der Waals surface area contributed by atoms with Crippen molar-refractivity contribution in [2.24, 2.45) is 9.98 Å². The number of ether oxygens (including phenoxy) is 2. The Morgan fingerprint density at radius 2 is 1.84 bits per heavy atom. The zero-order valence-corrected chi connectivity index (χ0v) is 20.6. The normalized spacial score (nSPS) is 14.6. The molecule has 0 saturated carbocycles. The van der Waals surface area contributed by atoms with Gasteiger partial charge in [0, 0.05) is 23.5 Å². The van der Waals surface area contributed by atoms with Gasteiger partial charge in [0.2, 0.25) is 0 Å². The Kier molecular flexibility index (Phi) is 9.14. The van der Waals surface area contributed by atoms with Crippen molar-refractivity contribution in [3.05, 3.63) is 63.9 Å². The first-order valence-corrected chi connectivity index (χ1v) is 11.9. The van der Waals surface area contributed by atoms with Crippen LogP contribution in [0.25, 0.3) is 0 Å². The summed E-state index contributed by atoms with van der Waals surface area (Å²) >= 11 is 13.6. The van der Waals surface area contributed by atoms with Crippen LogP contribution in [0, 0.1) is 0 Å². The van der Waals surface area contributed by atoms with Crippen molar-refractivity contribution < 1.29 is 9.47 Å². The Morgan fingerprint density at radius 3 is 2.59 bits per heavy atom. The number of thioether (sulfide) groups is 1. The second-order valence-corrected chi connectivity index (χ2v) is 8.62. The molecule has 0 saturated heterocycles. The summed E-state index contributed by atoms with van der Waals surface area (Å²) < 4.78 is 11.3. The van der Waals surface area contributed by atoms with Crippen LogP contribution in [0.5, 0.6) is 11.5 Å². The Balaban J connectivity index is 1.48. The lowest BCUT2D eigenvalue weighted by Gasteiger charge is -2.16. The maximum atomic E-state index is 6.15. The van der Waals surface area contributed by atoms with Crippen LogP contribution in [0.4, 0.5) is 5.69 Å². The van der Waals surface area contributed by atoms with Gasteiger partial charge in [-0.1, -0.05) is 29.3 Å². The minimum Gasteiger partial charge on any atom is -0.490 e. The summed E-state index contributed by atoms with van der Waals surface area (Å²) in [6, 6.07) is 11.3. The van der Waals surface area contributed by atoms with E-state index in [1.165, 1.54) is 17.3 Å². The van der Waals surface area contributed by atoms with Crippen molar-refractivity contribution in [3.63, 3.8) is 0 Å². The highest BCUT2D eigenvalue weighted by atomic mass is 35.5. The first kappa shape index (κ1) is 24.3. The SMILES string of the molecule is CCOc1ccc(CCN/C(C)=C/N=C2N=C(Nc3cc(Cl)ccc3Cl)S2)cc1OCC. The number of benzene rings is 2. The Hall–Kier alpha value is -2.35.